The van der Waals surface area contributed by atoms with Crippen LogP contribution in [0.3, 0.4) is 0 Å². The molecule has 1 amide bonds. The number of pyridine rings is 1. The maximum absolute atomic E-state index is 13.9. The van der Waals surface area contributed by atoms with Crippen LogP contribution >= 0.6 is 0 Å². The standard InChI is InChI=1S/C19H22F2N4O3S/c1-14(15-4-3-7-22-12-15)23-13-18(26)24-8-10-25(11-9-24)29(27,28)19-16(20)5-2-6-17(19)21/h2-7,12,14,23H,8-11,13H2,1H3. The maximum Gasteiger partial charge on any atom is 0.249 e. The quantitative estimate of drug-likeness (QED) is 0.761. The Morgan fingerprint density at radius 2 is 1.79 bits per heavy atom. The number of benzene rings is 1. The highest BCUT2D eigenvalue weighted by Crippen LogP contribution is 2.23. The molecule has 10 heteroatoms. The van der Waals surface area contributed by atoms with E-state index in [2.05, 4.69) is 10.3 Å². The zero-order chi connectivity index (χ0) is 21.0. The molecule has 1 aliphatic heterocycles. The lowest BCUT2D eigenvalue weighted by molar-refractivity contribution is -0.131. The van der Waals surface area contributed by atoms with Gasteiger partial charge in [0.2, 0.25) is 15.9 Å². The smallest absolute Gasteiger partial charge is 0.249 e. The Morgan fingerprint density at radius 1 is 1.14 bits per heavy atom. The largest absolute Gasteiger partial charge is 0.339 e. The Hall–Kier alpha value is -2.43. The molecular formula is C19H22F2N4O3S. The van der Waals surface area contributed by atoms with Gasteiger partial charge in [0.05, 0.1) is 6.54 Å². The molecule has 156 valence electrons. The maximum atomic E-state index is 13.9. The van der Waals surface area contributed by atoms with Gasteiger partial charge in [-0.2, -0.15) is 4.31 Å². The summed E-state index contributed by atoms with van der Waals surface area (Å²) in [7, 11) is -4.31. The summed E-state index contributed by atoms with van der Waals surface area (Å²) in [6.45, 7) is 2.25. The van der Waals surface area contributed by atoms with Gasteiger partial charge in [-0.25, -0.2) is 17.2 Å². The average Bonchev–Trinajstić information content (AvgIpc) is 2.72. The lowest BCUT2D eigenvalue weighted by Gasteiger charge is -2.34. The van der Waals surface area contributed by atoms with Gasteiger partial charge in [0.15, 0.2) is 4.90 Å². The number of amides is 1. The van der Waals surface area contributed by atoms with Gasteiger partial charge < -0.3 is 10.2 Å². The number of carbonyl (C=O) groups excluding carboxylic acids is 1. The lowest BCUT2D eigenvalue weighted by Crippen LogP contribution is -2.52. The van der Waals surface area contributed by atoms with E-state index < -0.39 is 26.6 Å². The first-order valence-electron chi connectivity index (χ1n) is 9.16. The van der Waals surface area contributed by atoms with E-state index in [1.807, 2.05) is 19.1 Å². The fourth-order valence-electron chi connectivity index (χ4n) is 3.14. The number of sulfonamides is 1. The summed E-state index contributed by atoms with van der Waals surface area (Å²) >= 11 is 0. The van der Waals surface area contributed by atoms with Crippen molar-refractivity contribution in [3.05, 3.63) is 59.9 Å². The normalized spacial score (nSPS) is 16.6. The molecule has 1 N–H and O–H groups in total. The van der Waals surface area contributed by atoms with Crippen LogP contribution in [0.5, 0.6) is 0 Å². The number of hydrogen-bond acceptors (Lipinski definition) is 5. The number of nitrogens with one attached hydrogen (secondary N) is 1. The van der Waals surface area contributed by atoms with Crippen LogP contribution in [0.1, 0.15) is 18.5 Å². The fourth-order valence-corrected chi connectivity index (χ4v) is 4.67. The summed E-state index contributed by atoms with van der Waals surface area (Å²) in [4.78, 5) is 17.1. The second-order valence-electron chi connectivity index (χ2n) is 6.72. The summed E-state index contributed by atoms with van der Waals surface area (Å²) in [6.07, 6.45) is 3.38. The first-order chi connectivity index (χ1) is 13.8. The summed E-state index contributed by atoms with van der Waals surface area (Å²) < 4.78 is 54.0. The van der Waals surface area contributed by atoms with Gasteiger partial charge in [-0.3, -0.25) is 9.78 Å². The van der Waals surface area contributed by atoms with Gasteiger partial charge in [0, 0.05) is 44.6 Å². The van der Waals surface area contributed by atoms with Crippen LogP contribution in [0.25, 0.3) is 0 Å². The molecule has 29 heavy (non-hydrogen) atoms. The third-order valence-corrected chi connectivity index (χ3v) is 6.80. The van der Waals surface area contributed by atoms with Crippen molar-refractivity contribution >= 4 is 15.9 Å². The Morgan fingerprint density at radius 3 is 2.38 bits per heavy atom. The molecule has 0 aliphatic carbocycles. The minimum absolute atomic E-state index is 0.0278. The lowest BCUT2D eigenvalue weighted by atomic mass is 10.1. The van der Waals surface area contributed by atoms with Gasteiger partial charge in [-0.15, -0.1) is 0 Å². The highest BCUT2D eigenvalue weighted by molar-refractivity contribution is 7.89. The van der Waals surface area contributed by atoms with Crippen molar-refractivity contribution in [3.8, 4) is 0 Å². The monoisotopic (exact) mass is 424 g/mol. The van der Waals surface area contributed by atoms with Crippen LogP contribution in [0.2, 0.25) is 0 Å². The van der Waals surface area contributed by atoms with Gasteiger partial charge >= 0.3 is 0 Å². The van der Waals surface area contributed by atoms with Gasteiger partial charge in [0.1, 0.15) is 11.6 Å². The van der Waals surface area contributed by atoms with E-state index >= 15 is 0 Å². The van der Waals surface area contributed by atoms with E-state index in [0.717, 1.165) is 28.1 Å². The van der Waals surface area contributed by atoms with Crippen molar-refractivity contribution in [2.75, 3.05) is 32.7 Å². The fraction of sp³-hybridized carbons (Fsp3) is 0.368. The van der Waals surface area contributed by atoms with Crippen molar-refractivity contribution in [3.63, 3.8) is 0 Å². The molecule has 0 bridgehead atoms. The van der Waals surface area contributed by atoms with E-state index in [1.54, 1.807) is 12.4 Å². The second-order valence-corrected chi connectivity index (χ2v) is 8.60. The van der Waals surface area contributed by atoms with E-state index in [9.17, 15) is 22.0 Å². The molecule has 0 radical (unpaired) electrons. The predicted molar refractivity (Wildman–Crippen MR) is 102 cm³/mol. The molecule has 1 unspecified atom stereocenters. The van der Waals surface area contributed by atoms with Crippen LogP contribution in [0, 0.1) is 11.6 Å². The predicted octanol–water partition coefficient (Wildman–Crippen LogP) is 1.54. The number of piperazine rings is 1. The molecule has 2 heterocycles. The van der Waals surface area contributed by atoms with E-state index in [4.69, 9.17) is 0 Å². The zero-order valence-corrected chi connectivity index (χ0v) is 16.7. The number of hydrogen-bond donors (Lipinski definition) is 1. The van der Waals surface area contributed by atoms with Gasteiger partial charge in [-0.05, 0) is 30.7 Å². The third kappa shape index (κ3) is 4.77. The number of halogens is 2. The molecule has 1 aliphatic rings. The third-order valence-electron chi connectivity index (χ3n) is 4.85. The second kappa shape index (κ2) is 8.93. The van der Waals surface area contributed by atoms with E-state index in [-0.39, 0.29) is 44.7 Å². The van der Waals surface area contributed by atoms with Crippen LogP contribution < -0.4 is 5.32 Å². The highest BCUT2D eigenvalue weighted by Gasteiger charge is 2.34. The number of carbonyl (C=O) groups is 1. The summed E-state index contributed by atoms with van der Waals surface area (Å²) in [5, 5.41) is 3.12. The first kappa shape index (κ1) is 21.3. The van der Waals surface area contributed by atoms with Crippen molar-refractivity contribution < 1.29 is 22.0 Å². The molecule has 1 aromatic heterocycles. The van der Waals surface area contributed by atoms with Crippen LogP contribution in [-0.4, -0.2) is 61.2 Å². The number of aromatic nitrogens is 1. The zero-order valence-electron chi connectivity index (χ0n) is 15.9. The number of nitrogens with zero attached hydrogens (tertiary/aromatic N) is 3. The summed E-state index contributed by atoms with van der Waals surface area (Å²) in [5.74, 6) is -2.43. The molecule has 2 aromatic rings. The molecule has 1 aromatic carbocycles. The molecule has 7 nitrogen and oxygen atoms in total. The minimum Gasteiger partial charge on any atom is -0.339 e. The highest BCUT2D eigenvalue weighted by atomic mass is 32.2. The summed E-state index contributed by atoms with van der Waals surface area (Å²) in [6, 6.07) is 6.57. The van der Waals surface area contributed by atoms with E-state index in [0.29, 0.717) is 0 Å². The average molecular weight is 424 g/mol. The Bertz CT molecular complexity index is 944. The Kier molecular flexibility index (Phi) is 6.56. The molecule has 0 saturated carbocycles. The molecule has 3 rings (SSSR count). The SMILES string of the molecule is CC(NCC(=O)N1CCN(S(=O)(=O)c2c(F)cccc2F)CC1)c1cccnc1. The van der Waals surface area contributed by atoms with Crippen molar-refractivity contribution in [2.24, 2.45) is 0 Å². The minimum atomic E-state index is -4.31. The summed E-state index contributed by atoms with van der Waals surface area (Å²) in [5.41, 5.74) is 0.947. The molecule has 1 saturated heterocycles. The van der Waals surface area contributed by atoms with E-state index in [1.165, 1.54) is 4.90 Å². The van der Waals surface area contributed by atoms with Crippen molar-refractivity contribution in [2.45, 2.75) is 17.9 Å². The first-order valence-corrected chi connectivity index (χ1v) is 10.6. The topological polar surface area (TPSA) is 82.6 Å². The molecule has 1 atom stereocenters. The van der Waals surface area contributed by atoms with Gasteiger partial charge in [-0.1, -0.05) is 12.1 Å². The molecular weight excluding hydrogens is 402 g/mol. The van der Waals surface area contributed by atoms with Crippen LogP contribution in [-0.2, 0) is 14.8 Å². The Balaban J connectivity index is 1.57. The van der Waals surface area contributed by atoms with Crippen molar-refractivity contribution in [1.82, 2.24) is 19.5 Å². The molecule has 0 spiro atoms. The molecule has 1 fully saturated rings. The van der Waals surface area contributed by atoms with Crippen LogP contribution in [0.4, 0.5) is 8.78 Å². The Labute approximate surface area is 168 Å². The van der Waals surface area contributed by atoms with Crippen molar-refractivity contribution in [1.29, 1.82) is 0 Å². The van der Waals surface area contributed by atoms with Gasteiger partial charge in [0.25, 0.3) is 0 Å². The number of rotatable bonds is 6. The van der Waals surface area contributed by atoms with Crippen LogP contribution in [0.15, 0.2) is 47.6 Å².